The zero-order valence-corrected chi connectivity index (χ0v) is 19.6. The molecule has 0 saturated carbocycles. The Labute approximate surface area is 188 Å². The summed E-state index contributed by atoms with van der Waals surface area (Å²) in [5, 5.41) is 4.14. The van der Waals surface area contributed by atoms with E-state index in [1.165, 1.54) is 0 Å². The van der Waals surface area contributed by atoms with Crippen molar-refractivity contribution in [3.05, 3.63) is 46.9 Å². The summed E-state index contributed by atoms with van der Waals surface area (Å²) >= 11 is 6.07. The summed E-state index contributed by atoms with van der Waals surface area (Å²) in [6.45, 7) is 4.70. The molecule has 0 bridgehead atoms. The Morgan fingerprint density at radius 3 is 2.68 bits per heavy atom. The first-order chi connectivity index (χ1) is 13.1. The number of morpholine rings is 1. The van der Waals surface area contributed by atoms with Crippen LogP contribution in [-0.2, 0) is 24.9 Å². The van der Waals surface area contributed by atoms with Crippen LogP contribution >= 0.6 is 35.6 Å². The summed E-state index contributed by atoms with van der Waals surface area (Å²) in [4.78, 5) is 13.3. The van der Waals surface area contributed by atoms with Crippen molar-refractivity contribution < 1.29 is 4.74 Å². The number of aromatic nitrogens is 2. The summed E-state index contributed by atoms with van der Waals surface area (Å²) < 4.78 is 7.42. The Hall–Kier alpha value is -1.52. The quantitative estimate of drug-likeness (QED) is 0.375. The molecule has 3 heterocycles. The van der Waals surface area contributed by atoms with Gasteiger partial charge in [-0.15, -0.1) is 24.0 Å². The average Bonchev–Trinajstić information content (AvgIpc) is 3.00. The van der Waals surface area contributed by atoms with Crippen LogP contribution in [0.1, 0.15) is 11.3 Å². The first kappa shape index (κ1) is 22.8. The van der Waals surface area contributed by atoms with E-state index in [1.54, 1.807) is 7.05 Å². The lowest BCUT2D eigenvalue weighted by atomic mass is 10.2. The van der Waals surface area contributed by atoms with E-state index in [0.29, 0.717) is 6.54 Å². The van der Waals surface area contributed by atoms with E-state index in [2.05, 4.69) is 37.2 Å². The highest BCUT2D eigenvalue weighted by Crippen LogP contribution is 2.15. The van der Waals surface area contributed by atoms with Crippen LogP contribution in [0.3, 0.4) is 0 Å². The molecular formula is C19H28ClIN6O. The maximum atomic E-state index is 6.07. The lowest BCUT2D eigenvalue weighted by Crippen LogP contribution is -2.38. The molecule has 0 spiro atoms. The van der Waals surface area contributed by atoms with Gasteiger partial charge in [0.2, 0.25) is 0 Å². The largest absolute Gasteiger partial charge is 0.378 e. The normalized spacial score (nSPS) is 14.6. The molecule has 1 aliphatic rings. The number of hydrogen-bond donors (Lipinski definition) is 1. The molecule has 2 aromatic heterocycles. The molecule has 1 saturated heterocycles. The van der Waals surface area contributed by atoms with Gasteiger partial charge in [-0.3, -0.25) is 4.99 Å². The topological polar surface area (TPSA) is 57.9 Å². The third kappa shape index (κ3) is 5.99. The molecule has 28 heavy (non-hydrogen) atoms. The van der Waals surface area contributed by atoms with Crippen molar-refractivity contribution in [1.82, 2.24) is 19.8 Å². The van der Waals surface area contributed by atoms with E-state index < -0.39 is 0 Å². The Balaban J connectivity index is 0.00000280. The van der Waals surface area contributed by atoms with Crippen molar-refractivity contribution in [2.75, 3.05) is 45.3 Å². The van der Waals surface area contributed by atoms with Gasteiger partial charge < -0.3 is 24.4 Å². The zero-order valence-electron chi connectivity index (χ0n) is 16.6. The molecular weight excluding hydrogens is 491 g/mol. The minimum Gasteiger partial charge on any atom is -0.378 e. The van der Waals surface area contributed by atoms with Gasteiger partial charge in [-0.2, -0.15) is 0 Å². The second-order valence-electron chi connectivity index (χ2n) is 6.64. The Morgan fingerprint density at radius 2 is 2.11 bits per heavy atom. The molecule has 1 N–H and O–H groups in total. The van der Waals surface area contributed by atoms with Crippen LogP contribution in [0.5, 0.6) is 0 Å². The Bertz CT molecular complexity index is 773. The third-order valence-electron chi connectivity index (χ3n) is 4.64. The van der Waals surface area contributed by atoms with E-state index in [-0.39, 0.29) is 24.0 Å². The van der Waals surface area contributed by atoms with E-state index in [9.17, 15) is 0 Å². The van der Waals surface area contributed by atoms with Crippen LogP contribution in [-0.4, -0.2) is 60.8 Å². The molecule has 0 unspecified atom stereocenters. The molecule has 0 aliphatic carbocycles. The van der Waals surface area contributed by atoms with Crippen molar-refractivity contribution in [1.29, 1.82) is 0 Å². The average molecular weight is 519 g/mol. The molecule has 0 amide bonds. The van der Waals surface area contributed by atoms with E-state index >= 15 is 0 Å². The molecule has 9 heteroatoms. The predicted octanol–water partition coefficient (Wildman–Crippen LogP) is 2.74. The molecule has 3 rings (SSSR count). The van der Waals surface area contributed by atoms with Gasteiger partial charge >= 0.3 is 0 Å². The summed E-state index contributed by atoms with van der Waals surface area (Å²) in [5.41, 5.74) is 2.24. The number of anilines is 1. The minimum atomic E-state index is 0. The number of nitrogens with zero attached hydrogens (tertiary/aromatic N) is 5. The predicted molar refractivity (Wildman–Crippen MR) is 125 cm³/mol. The molecule has 1 fully saturated rings. The molecule has 1 aliphatic heterocycles. The summed E-state index contributed by atoms with van der Waals surface area (Å²) in [6.07, 6.45) is 3.82. The Morgan fingerprint density at radius 1 is 1.36 bits per heavy atom. The summed E-state index contributed by atoms with van der Waals surface area (Å²) in [6, 6.07) is 6.15. The minimum absolute atomic E-state index is 0. The van der Waals surface area contributed by atoms with Crippen LogP contribution in [0.2, 0.25) is 5.02 Å². The third-order valence-corrected chi connectivity index (χ3v) is 4.85. The van der Waals surface area contributed by atoms with Gasteiger partial charge in [0.15, 0.2) is 5.96 Å². The van der Waals surface area contributed by atoms with Crippen LogP contribution in [0.4, 0.5) is 5.82 Å². The fourth-order valence-corrected chi connectivity index (χ4v) is 3.38. The second kappa shape index (κ2) is 10.9. The van der Waals surface area contributed by atoms with Crippen molar-refractivity contribution >= 4 is 47.4 Å². The van der Waals surface area contributed by atoms with Crippen molar-refractivity contribution in [2.24, 2.45) is 12.0 Å². The van der Waals surface area contributed by atoms with Crippen molar-refractivity contribution in [3.8, 4) is 0 Å². The van der Waals surface area contributed by atoms with Crippen LogP contribution in [0.25, 0.3) is 0 Å². The van der Waals surface area contributed by atoms with Crippen molar-refractivity contribution in [2.45, 2.75) is 13.1 Å². The molecule has 0 radical (unpaired) electrons. The monoisotopic (exact) mass is 518 g/mol. The zero-order chi connectivity index (χ0) is 19.2. The maximum absolute atomic E-state index is 6.07. The number of aryl methyl sites for hydroxylation is 1. The first-order valence-electron chi connectivity index (χ1n) is 9.07. The fourth-order valence-electron chi connectivity index (χ4n) is 3.11. The van der Waals surface area contributed by atoms with Crippen LogP contribution in [0.15, 0.2) is 35.6 Å². The number of pyridine rings is 1. The summed E-state index contributed by atoms with van der Waals surface area (Å²) in [5.74, 6) is 1.83. The lowest BCUT2D eigenvalue weighted by Gasteiger charge is -2.27. The molecule has 154 valence electrons. The van der Waals surface area contributed by atoms with Gasteiger partial charge in [0, 0.05) is 58.9 Å². The van der Waals surface area contributed by atoms with E-state index in [0.717, 1.165) is 60.9 Å². The van der Waals surface area contributed by atoms with Crippen LogP contribution < -0.4 is 10.2 Å². The highest BCUT2D eigenvalue weighted by molar-refractivity contribution is 14.0. The smallest absolute Gasteiger partial charge is 0.194 e. The lowest BCUT2D eigenvalue weighted by molar-refractivity contribution is 0.122. The van der Waals surface area contributed by atoms with E-state index in [4.69, 9.17) is 16.3 Å². The number of ether oxygens (including phenoxy) is 1. The highest BCUT2D eigenvalue weighted by atomic mass is 127. The van der Waals surface area contributed by atoms with Gasteiger partial charge in [0.1, 0.15) is 5.82 Å². The van der Waals surface area contributed by atoms with Gasteiger partial charge in [0.25, 0.3) is 0 Å². The van der Waals surface area contributed by atoms with Crippen LogP contribution in [0, 0.1) is 0 Å². The van der Waals surface area contributed by atoms with Crippen molar-refractivity contribution in [3.63, 3.8) is 0 Å². The maximum Gasteiger partial charge on any atom is 0.194 e. The number of aliphatic imine (C=N–C) groups is 1. The first-order valence-corrected chi connectivity index (χ1v) is 9.45. The Kier molecular flexibility index (Phi) is 8.84. The van der Waals surface area contributed by atoms with Gasteiger partial charge in [-0.1, -0.05) is 17.7 Å². The number of hydrogen-bond acceptors (Lipinski definition) is 4. The molecule has 0 aromatic carbocycles. The number of halogens is 2. The number of rotatable bonds is 5. The SMILES string of the molecule is CN=C(NCc1ccc(N2CCOCC2)nc1)N(C)Cc1cc(Cl)cn1C.I. The molecule has 2 aromatic rings. The van der Waals surface area contributed by atoms with Gasteiger partial charge in [-0.25, -0.2) is 4.98 Å². The number of guanidine groups is 1. The fraction of sp³-hybridized carbons (Fsp3) is 0.474. The summed E-state index contributed by atoms with van der Waals surface area (Å²) in [7, 11) is 5.79. The second-order valence-corrected chi connectivity index (χ2v) is 7.08. The molecule has 0 atom stereocenters. The van der Waals surface area contributed by atoms with Gasteiger partial charge in [-0.05, 0) is 17.7 Å². The molecule has 7 nitrogen and oxygen atoms in total. The van der Waals surface area contributed by atoms with Gasteiger partial charge in [0.05, 0.1) is 24.8 Å². The standard InChI is InChI=1S/C19H27ClN6O.HI/c1-21-19(25(3)14-17-10-16(20)13-24(17)2)23-12-15-4-5-18(22-11-15)26-6-8-27-9-7-26;/h4-5,10-11,13H,6-9,12,14H2,1-3H3,(H,21,23);1H. The number of nitrogens with one attached hydrogen (secondary N) is 1. The highest BCUT2D eigenvalue weighted by Gasteiger charge is 2.13. The van der Waals surface area contributed by atoms with E-state index in [1.807, 2.05) is 37.1 Å².